The van der Waals surface area contributed by atoms with Crippen LogP contribution in [0.4, 0.5) is 0 Å². The van der Waals surface area contributed by atoms with Crippen molar-refractivity contribution in [3.63, 3.8) is 0 Å². The molecule has 0 unspecified atom stereocenters. The Morgan fingerprint density at radius 1 is 1.26 bits per heavy atom. The maximum Gasteiger partial charge on any atom is 0.251 e. The predicted octanol–water partition coefficient (Wildman–Crippen LogP) is 2.55. The zero-order chi connectivity index (χ0) is 16.2. The normalized spacial score (nSPS) is 10.7. The highest BCUT2D eigenvalue weighted by Crippen LogP contribution is 2.14. The standard InChI is InChI=1S/C18H19N3O2/c1-21-12-20-16-10-13(6-7-17(16)21)8-9-19-18(22)14-4-3-5-15(11-14)23-2/h3-7,10-12H,8-9H2,1-2H3,(H,19,22). The molecule has 3 rings (SSSR count). The molecule has 0 bridgehead atoms. The summed E-state index contributed by atoms with van der Waals surface area (Å²) in [6.45, 7) is 0.578. The van der Waals surface area contributed by atoms with Crippen molar-refractivity contribution >= 4 is 16.9 Å². The number of hydrogen-bond donors (Lipinski definition) is 1. The van der Waals surface area contributed by atoms with Crippen LogP contribution in [0.25, 0.3) is 11.0 Å². The number of fused-ring (bicyclic) bond motifs is 1. The van der Waals surface area contributed by atoms with Gasteiger partial charge in [-0.3, -0.25) is 4.79 Å². The molecular formula is C18H19N3O2. The van der Waals surface area contributed by atoms with E-state index in [-0.39, 0.29) is 5.91 Å². The Morgan fingerprint density at radius 3 is 2.96 bits per heavy atom. The van der Waals surface area contributed by atoms with Gasteiger partial charge >= 0.3 is 0 Å². The Kier molecular flexibility index (Phi) is 4.28. The van der Waals surface area contributed by atoms with Crippen LogP contribution in [0.1, 0.15) is 15.9 Å². The van der Waals surface area contributed by atoms with Crippen molar-refractivity contribution in [3.05, 3.63) is 59.9 Å². The van der Waals surface area contributed by atoms with Crippen LogP contribution in [0.3, 0.4) is 0 Å². The van der Waals surface area contributed by atoms with Crippen molar-refractivity contribution in [2.24, 2.45) is 7.05 Å². The molecule has 1 aromatic heterocycles. The number of nitrogens with zero attached hydrogens (tertiary/aromatic N) is 2. The fourth-order valence-electron chi connectivity index (χ4n) is 2.52. The van der Waals surface area contributed by atoms with E-state index in [4.69, 9.17) is 4.74 Å². The highest BCUT2D eigenvalue weighted by Gasteiger charge is 2.06. The average molecular weight is 309 g/mol. The third kappa shape index (κ3) is 3.34. The Bertz CT molecular complexity index is 839. The molecule has 0 atom stereocenters. The summed E-state index contributed by atoms with van der Waals surface area (Å²) >= 11 is 0. The lowest BCUT2D eigenvalue weighted by Gasteiger charge is -2.07. The molecule has 0 fully saturated rings. The van der Waals surface area contributed by atoms with E-state index in [9.17, 15) is 4.79 Å². The maximum absolute atomic E-state index is 12.1. The summed E-state index contributed by atoms with van der Waals surface area (Å²) in [5, 5.41) is 2.93. The maximum atomic E-state index is 12.1. The summed E-state index contributed by atoms with van der Waals surface area (Å²) in [5.41, 5.74) is 3.84. The van der Waals surface area contributed by atoms with Gasteiger partial charge in [-0.2, -0.15) is 0 Å². The largest absolute Gasteiger partial charge is 0.497 e. The van der Waals surface area contributed by atoms with Gasteiger partial charge in [-0.1, -0.05) is 12.1 Å². The van der Waals surface area contributed by atoms with Gasteiger partial charge in [-0.05, 0) is 42.3 Å². The lowest BCUT2D eigenvalue weighted by molar-refractivity contribution is 0.0954. The first kappa shape index (κ1) is 15.1. The minimum absolute atomic E-state index is 0.0946. The van der Waals surface area contributed by atoms with Gasteiger partial charge in [0.15, 0.2) is 0 Å². The minimum Gasteiger partial charge on any atom is -0.497 e. The minimum atomic E-state index is -0.0946. The summed E-state index contributed by atoms with van der Waals surface area (Å²) in [7, 11) is 3.56. The molecule has 5 heteroatoms. The second kappa shape index (κ2) is 6.52. The number of methoxy groups -OCH3 is 1. The van der Waals surface area contributed by atoms with E-state index in [2.05, 4.69) is 28.5 Å². The van der Waals surface area contributed by atoms with Gasteiger partial charge in [0.25, 0.3) is 5.91 Å². The van der Waals surface area contributed by atoms with Crippen molar-refractivity contribution < 1.29 is 9.53 Å². The number of amides is 1. The molecule has 0 aliphatic rings. The summed E-state index contributed by atoms with van der Waals surface area (Å²) in [5.74, 6) is 0.584. The number of rotatable bonds is 5. The first-order chi connectivity index (χ1) is 11.2. The number of benzene rings is 2. The van der Waals surface area contributed by atoms with Crippen molar-refractivity contribution in [2.75, 3.05) is 13.7 Å². The van der Waals surface area contributed by atoms with Crippen LogP contribution in [-0.2, 0) is 13.5 Å². The molecule has 0 spiro atoms. The molecule has 23 heavy (non-hydrogen) atoms. The van der Waals surface area contributed by atoms with E-state index in [0.29, 0.717) is 17.9 Å². The van der Waals surface area contributed by atoms with Crippen LogP contribution in [0.15, 0.2) is 48.8 Å². The highest BCUT2D eigenvalue weighted by molar-refractivity contribution is 5.94. The first-order valence-corrected chi connectivity index (χ1v) is 7.49. The Balaban J connectivity index is 1.60. The van der Waals surface area contributed by atoms with Gasteiger partial charge < -0.3 is 14.6 Å². The molecular weight excluding hydrogens is 290 g/mol. The molecule has 2 aromatic carbocycles. The number of nitrogens with one attached hydrogen (secondary N) is 1. The molecule has 118 valence electrons. The summed E-state index contributed by atoms with van der Waals surface area (Å²) < 4.78 is 7.12. The average Bonchev–Trinajstić information content (AvgIpc) is 2.95. The lowest BCUT2D eigenvalue weighted by atomic mass is 10.1. The number of imidazole rings is 1. The SMILES string of the molecule is COc1cccc(C(=O)NCCc2ccc3c(c2)ncn3C)c1. The van der Waals surface area contributed by atoms with Crippen LogP contribution in [0, 0.1) is 0 Å². The van der Waals surface area contributed by atoms with E-state index in [1.807, 2.05) is 23.7 Å². The van der Waals surface area contributed by atoms with Crippen molar-refractivity contribution in [1.29, 1.82) is 0 Å². The number of carbonyl (C=O) groups is 1. The van der Waals surface area contributed by atoms with Crippen molar-refractivity contribution in [1.82, 2.24) is 14.9 Å². The monoisotopic (exact) mass is 309 g/mol. The van der Waals surface area contributed by atoms with Gasteiger partial charge in [0.2, 0.25) is 0 Å². The molecule has 0 radical (unpaired) electrons. The predicted molar refractivity (Wildman–Crippen MR) is 89.7 cm³/mol. The van der Waals surface area contributed by atoms with E-state index in [1.54, 1.807) is 25.6 Å². The summed E-state index contributed by atoms with van der Waals surface area (Å²) in [4.78, 5) is 16.5. The smallest absolute Gasteiger partial charge is 0.251 e. The van der Waals surface area contributed by atoms with Gasteiger partial charge in [-0.15, -0.1) is 0 Å². The molecule has 1 N–H and O–H groups in total. The van der Waals surface area contributed by atoms with Gasteiger partial charge in [0, 0.05) is 19.2 Å². The van der Waals surface area contributed by atoms with Gasteiger partial charge in [-0.25, -0.2) is 4.98 Å². The highest BCUT2D eigenvalue weighted by atomic mass is 16.5. The first-order valence-electron chi connectivity index (χ1n) is 7.49. The number of aromatic nitrogens is 2. The molecule has 1 heterocycles. The Labute approximate surface area is 134 Å². The molecule has 0 aliphatic carbocycles. The molecule has 0 aliphatic heterocycles. The van der Waals surface area contributed by atoms with E-state index in [1.165, 1.54) is 0 Å². The zero-order valence-electron chi connectivity index (χ0n) is 13.2. The Morgan fingerprint density at radius 2 is 2.13 bits per heavy atom. The van der Waals surface area contributed by atoms with Crippen molar-refractivity contribution in [2.45, 2.75) is 6.42 Å². The second-order valence-electron chi connectivity index (χ2n) is 5.42. The summed E-state index contributed by atoms with van der Waals surface area (Å²) in [6, 6.07) is 13.3. The van der Waals surface area contributed by atoms with Crippen LogP contribution >= 0.6 is 0 Å². The lowest BCUT2D eigenvalue weighted by Crippen LogP contribution is -2.25. The topological polar surface area (TPSA) is 56.1 Å². The number of ether oxygens (including phenoxy) is 1. The third-order valence-corrected chi connectivity index (χ3v) is 3.82. The van der Waals surface area contributed by atoms with Gasteiger partial charge in [0.05, 0.1) is 24.5 Å². The van der Waals surface area contributed by atoms with E-state index >= 15 is 0 Å². The van der Waals surface area contributed by atoms with Gasteiger partial charge in [0.1, 0.15) is 5.75 Å². The molecule has 5 nitrogen and oxygen atoms in total. The number of carbonyl (C=O) groups excluding carboxylic acids is 1. The molecule has 3 aromatic rings. The van der Waals surface area contributed by atoms with Crippen LogP contribution < -0.4 is 10.1 Å². The zero-order valence-corrected chi connectivity index (χ0v) is 13.2. The fraction of sp³-hybridized carbons (Fsp3) is 0.222. The third-order valence-electron chi connectivity index (χ3n) is 3.82. The van der Waals surface area contributed by atoms with Crippen molar-refractivity contribution in [3.8, 4) is 5.75 Å². The second-order valence-corrected chi connectivity index (χ2v) is 5.42. The fourth-order valence-corrected chi connectivity index (χ4v) is 2.52. The molecule has 1 amide bonds. The van der Waals surface area contributed by atoms with E-state index < -0.39 is 0 Å². The molecule has 0 saturated heterocycles. The van der Waals surface area contributed by atoms with Crippen LogP contribution in [0.5, 0.6) is 5.75 Å². The summed E-state index contributed by atoms with van der Waals surface area (Å²) in [6.07, 6.45) is 2.57. The Hall–Kier alpha value is -2.82. The van der Waals surface area contributed by atoms with Crippen LogP contribution in [0.2, 0.25) is 0 Å². The quantitative estimate of drug-likeness (QED) is 0.788. The van der Waals surface area contributed by atoms with E-state index in [0.717, 1.165) is 23.0 Å². The number of aryl methyl sites for hydroxylation is 1. The van der Waals surface area contributed by atoms with Crippen LogP contribution in [-0.4, -0.2) is 29.1 Å². The number of hydrogen-bond acceptors (Lipinski definition) is 3. The molecule has 0 saturated carbocycles.